The number of aliphatic hydroxyl groups is 1. The van der Waals surface area contributed by atoms with Gasteiger partial charge < -0.3 is 15.2 Å². The molecular formula is C12H26N2O2. The Hall–Kier alpha value is -0.160. The van der Waals surface area contributed by atoms with Gasteiger partial charge in [0.25, 0.3) is 0 Å². The van der Waals surface area contributed by atoms with Gasteiger partial charge in [-0.15, -0.1) is 0 Å². The van der Waals surface area contributed by atoms with Gasteiger partial charge in [0.2, 0.25) is 0 Å². The van der Waals surface area contributed by atoms with Crippen molar-refractivity contribution in [1.82, 2.24) is 10.2 Å². The molecule has 2 N–H and O–H groups in total. The molecule has 1 rings (SSSR count). The number of hydrogen-bond acceptors (Lipinski definition) is 4. The number of rotatable bonds is 6. The topological polar surface area (TPSA) is 44.7 Å². The van der Waals surface area contributed by atoms with Crippen LogP contribution in [0.2, 0.25) is 0 Å². The second-order valence-electron chi connectivity index (χ2n) is 4.97. The van der Waals surface area contributed by atoms with Gasteiger partial charge >= 0.3 is 0 Å². The second-order valence-corrected chi connectivity index (χ2v) is 4.97. The molecule has 0 bridgehead atoms. The quantitative estimate of drug-likeness (QED) is 0.689. The van der Waals surface area contributed by atoms with Crippen molar-refractivity contribution >= 4 is 0 Å². The van der Waals surface area contributed by atoms with E-state index in [1.165, 1.54) is 0 Å². The maximum Gasteiger partial charge on any atom is 0.0791 e. The van der Waals surface area contributed by atoms with Gasteiger partial charge in [-0.25, -0.2) is 0 Å². The fraction of sp³-hybridized carbons (Fsp3) is 1.00. The monoisotopic (exact) mass is 230 g/mol. The summed E-state index contributed by atoms with van der Waals surface area (Å²) < 4.78 is 5.38. The molecule has 0 aromatic rings. The van der Waals surface area contributed by atoms with Crippen molar-refractivity contribution in [2.75, 3.05) is 45.9 Å². The first-order chi connectivity index (χ1) is 7.68. The zero-order valence-corrected chi connectivity index (χ0v) is 10.6. The van der Waals surface area contributed by atoms with E-state index in [9.17, 15) is 5.11 Å². The second kappa shape index (κ2) is 8.01. The summed E-state index contributed by atoms with van der Waals surface area (Å²) in [5, 5.41) is 13.1. The van der Waals surface area contributed by atoms with E-state index in [-0.39, 0.29) is 6.10 Å². The van der Waals surface area contributed by atoms with Gasteiger partial charge in [0.15, 0.2) is 0 Å². The molecule has 1 fully saturated rings. The number of nitrogens with zero attached hydrogens (tertiary/aromatic N) is 1. The van der Waals surface area contributed by atoms with Crippen LogP contribution in [0.25, 0.3) is 0 Å². The Bertz CT molecular complexity index is 168. The van der Waals surface area contributed by atoms with Gasteiger partial charge in [0.05, 0.1) is 12.7 Å². The third-order valence-corrected chi connectivity index (χ3v) is 2.72. The largest absolute Gasteiger partial charge is 0.390 e. The highest BCUT2D eigenvalue weighted by Gasteiger charge is 2.13. The standard InChI is InChI=1S/C12H26N2O2/c1-11(2)8-13-9-12(15)10-14-4-3-6-16-7-5-14/h11-13,15H,3-10H2,1-2H3. The van der Waals surface area contributed by atoms with Crippen LogP contribution >= 0.6 is 0 Å². The molecular weight excluding hydrogens is 204 g/mol. The fourth-order valence-electron chi connectivity index (χ4n) is 1.88. The maximum absolute atomic E-state index is 9.86. The Morgan fingerprint density at radius 3 is 2.81 bits per heavy atom. The van der Waals surface area contributed by atoms with Crippen LogP contribution in [0.1, 0.15) is 20.3 Å². The van der Waals surface area contributed by atoms with Gasteiger partial charge in [0.1, 0.15) is 0 Å². The van der Waals surface area contributed by atoms with Crippen molar-refractivity contribution in [2.45, 2.75) is 26.4 Å². The van der Waals surface area contributed by atoms with Crippen molar-refractivity contribution in [1.29, 1.82) is 0 Å². The molecule has 16 heavy (non-hydrogen) atoms. The third kappa shape index (κ3) is 6.43. The smallest absolute Gasteiger partial charge is 0.0791 e. The lowest BCUT2D eigenvalue weighted by Crippen LogP contribution is -2.40. The minimum absolute atomic E-state index is 0.267. The molecule has 96 valence electrons. The highest BCUT2D eigenvalue weighted by atomic mass is 16.5. The molecule has 1 heterocycles. The SMILES string of the molecule is CC(C)CNCC(O)CN1CCCOCC1. The van der Waals surface area contributed by atoms with Crippen LogP contribution in [0.5, 0.6) is 0 Å². The number of hydrogen-bond donors (Lipinski definition) is 2. The number of β-amino-alcohol motifs (C(OH)–C–C–N with tert-alkyl or cyclic N) is 1. The average molecular weight is 230 g/mol. The molecule has 0 aromatic carbocycles. The molecule has 1 unspecified atom stereocenters. The molecule has 0 spiro atoms. The van der Waals surface area contributed by atoms with E-state index in [0.717, 1.165) is 45.8 Å². The summed E-state index contributed by atoms with van der Waals surface area (Å²) in [7, 11) is 0. The van der Waals surface area contributed by atoms with E-state index in [1.54, 1.807) is 0 Å². The van der Waals surface area contributed by atoms with Gasteiger partial charge in [-0.3, -0.25) is 4.90 Å². The first kappa shape index (κ1) is 13.9. The molecule has 0 aromatic heterocycles. The Balaban J connectivity index is 2.09. The Labute approximate surface area is 99.0 Å². The molecule has 0 saturated carbocycles. The lowest BCUT2D eigenvalue weighted by atomic mass is 10.2. The summed E-state index contributed by atoms with van der Waals surface area (Å²) in [6.07, 6.45) is 0.809. The van der Waals surface area contributed by atoms with Crippen LogP contribution in [0, 0.1) is 5.92 Å². The summed E-state index contributed by atoms with van der Waals surface area (Å²) in [4.78, 5) is 2.29. The molecule has 4 nitrogen and oxygen atoms in total. The van der Waals surface area contributed by atoms with Crippen LogP contribution in [0.15, 0.2) is 0 Å². The van der Waals surface area contributed by atoms with E-state index >= 15 is 0 Å². The summed E-state index contributed by atoms with van der Waals surface area (Å²) in [5.74, 6) is 0.638. The molecule has 1 aliphatic heterocycles. The van der Waals surface area contributed by atoms with Crippen molar-refractivity contribution in [3.8, 4) is 0 Å². The van der Waals surface area contributed by atoms with Crippen LogP contribution < -0.4 is 5.32 Å². The van der Waals surface area contributed by atoms with Crippen LogP contribution in [-0.4, -0.2) is 62.0 Å². The lowest BCUT2D eigenvalue weighted by Gasteiger charge is -2.23. The summed E-state index contributed by atoms with van der Waals surface area (Å²) in [5.41, 5.74) is 0. The first-order valence-electron chi connectivity index (χ1n) is 6.37. The maximum atomic E-state index is 9.86. The van der Waals surface area contributed by atoms with E-state index in [1.807, 2.05) is 0 Å². The average Bonchev–Trinajstić information content (AvgIpc) is 2.45. The van der Waals surface area contributed by atoms with Gasteiger partial charge in [-0.2, -0.15) is 0 Å². The molecule has 1 atom stereocenters. The third-order valence-electron chi connectivity index (χ3n) is 2.72. The zero-order chi connectivity index (χ0) is 11.8. The minimum Gasteiger partial charge on any atom is -0.390 e. The van der Waals surface area contributed by atoms with Gasteiger partial charge in [-0.05, 0) is 18.9 Å². The van der Waals surface area contributed by atoms with Crippen molar-refractivity contribution in [2.24, 2.45) is 5.92 Å². The normalized spacial score (nSPS) is 21.0. The van der Waals surface area contributed by atoms with Gasteiger partial charge in [0, 0.05) is 32.8 Å². The number of ether oxygens (including phenoxy) is 1. The molecule has 0 amide bonds. The number of nitrogens with one attached hydrogen (secondary N) is 1. The van der Waals surface area contributed by atoms with Crippen LogP contribution in [0.4, 0.5) is 0 Å². The number of aliphatic hydroxyl groups excluding tert-OH is 1. The summed E-state index contributed by atoms with van der Waals surface area (Å²) in [6.45, 7) is 10.4. The first-order valence-corrected chi connectivity index (χ1v) is 6.37. The van der Waals surface area contributed by atoms with Crippen LogP contribution in [0.3, 0.4) is 0 Å². The Kier molecular flexibility index (Phi) is 6.96. The van der Waals surface area contributed by atoms with Crippen LogP contribution in [-0.2, 0) is 4.74 Å². The van der Waals surface area contributed by atoms with E-state index < -0.39 is 0 Å². The molecule has 4 heteroatoms. The van der Waals surface area contributed by atoms with Crippen molar-refractivity contribution in [3.63, 3.8) is 0 Å². The van der Waals surface area contributed by atoms with Crippen molar-refractivity contribution in [3.05, 3.63) is 0 Å². The summed E-state index contributed by atoms with van der Waals surface area (Å²) >= 11 is 0. The van der Waals surface area contributed by atoms with Gasteiger partial charge in [-0.1, -0.05) is 13.8 Å². The van der Waals surface area contributed by atoms with E-state index in [0.29, 0.717) is 12.5 Å². The van der Waals surface area contributed by atoms with E-state index in [4.69, 9.17) is 4.74 Å². The molecule has 1 saturated heterocycles. The molecule has 0 radical (unpaired) electrons. The highest BCUT2D eigenvalue weighted by Crippen LogP contribution is 2.00. The lowest BCUT2D eigenvalue weighted by molar-refractivity contribution is 0.102. The van der Waals surface area contributed by atoms with Crippen molar-refractivity contribution < 1.29 is 9.84 Å². The minimum atomic E-state index is -0.267. The highest BCUT2D eigenvalue weighted by molar-refractivity contribution is 4.69. The predicted molar refractivity (Wildman–Crippen MR) is 65.6 cm³/mol. The Morgan fingerprint density at radius 1 is 1.25 bits per heavy atom. The van der Waals surface area contributed by atoms with E-state index in [2.05, 4.69) is 24.1 Å². The molecule has 0 aliphatic carbocycles. The molecule has 1 aliphatic rings. The zero-order valence-electron chi connectivity index (χ0n) is 10.6. The Morgan fingerprint density at radius 2 is 2.06 bits per heavy atom. The predicted octanol–water partition coefficient (Wildman–Crippen LogP) is 0.315. The summed E-state index contributed by atoms with van der Waals surface area (Å²) in [6, 6.07) is 0. The fourth-order valence-corrected chi connectivity index (χ4v) is 1.88.